The van der Waals surface area contributed by atoms with Crippen molar-refractivity contribution in [1.29, 1.82) is 0 Å². The fraction of sp³-hybridized carbons (Fsp3) is 0.200. The molecule has 0 heterocycles. The molecule has 0 fully saturated rings. The number of benzene rings is 2. The predicted molar refractivity (Wildman–Crippen MR) is 88.5 cm³/mol. The summed E-state index contributed by atoms with van der Waals surface area (Å²) < 4.78 is 5.11. The molecule has 0 aliphatic rings. The molecule has 0 saturated heterocycles. The number of ether oxygens (including phenoxy) is 1. The first-order valence-electron chi connectivity index (χ1n) is 6.11. The van der Waals surface area contributed by atoms with Crippen molar-refractivity contribution in [3.8, 4) is 11.5 Å². The predicted octanol–water partition coefficient (Wildman–Crippen LogP) is 5.80. The second kappa shape index (κ2) is 6.97. The lowest BCUT2D eigenvalue weighted by Crippen LogP contribution is -1.95. The molecule has 0 aliphatic heterocycles. The molecule has 2 rings (SSSR count). The summed E-state index contributed by atoms with van der Waals surface area (Å²) in [6.45, 7) is 0. The molecule has 21 heavy (non-hydrogen) atoms. The van der Waals surface area contributed by atoms with E-state index in [2.05, 4.69) is 0 Å². The van der Waals surface area contributed by atoms with Crippen LogP contribution < -0.4 is 4.74 Å². The van der Waals surface area contributed by atoms with Gasteiger partial charge in [-0.25, -0.2) is 0 Å². The maximum Gasteiger partial charge on any atom is 0.153 e. The van der Waals surface area contributed by atoms with Crippen LogP contribution in [0.4, 0.5) is 0 Å². The fourth-order valence-corrected chi connectivity index (χ4v) is 3.22. The number of hydrogen-bond acceptors (Lipinski definition) is 2. The van der Waals surface area contributed by atoms with Gasteiger partial charge in [-0.1, -0.05) is 52.5 Å². The third kappa shape index (κ3) is 3.70. The van der Waals surface area contributed by atoms with Crippen LogP contribution in [0, 0.1) is 0 Å². The molecule has 0 atom stereocenters. The van der Waals surface area contributed by atoms with Crippen molar-refractivity contribution in [2.45, 2.75) is 12.8 Å². The summed E-state index contributed by atoms with van der Waals surface area (Å²) in [5.74, 6) is 0.478. The van der Waals surface area contributed by atoms with Crippen LogP contribution in [-0.4, -0.2) is 12.2 Å². The van der Waals surface area contributed by atoms with Gasteiger partial charge in [-0.05, 0) is 42.2 Å². The molecule has 0 bridgehead atoms. The van der Waals surface area contributed by atoms with Gasteiger partial charge >= 0.3 is 0 Å². The van der Waals surface area contributed by atoms with E-state index in [4.69, 9.17) is 51.1 Å². The highest BCUT2D eigenvalue weighted by atomic mass is 35.5. The van der Waals surface area contributed by atoms with E-state index in [9.17, 15) is 5.11 Å². The Morgan fingerprint density at radius 3 is 2.29 bits per heavy atom. The molecular weight excluding hydrogens is 354 g/mol. The molecule has 2 aromatic carbocycles. The summed E-state index contributed by atoms with van der Waals surface area (Å²) in [6.07, 6.45) is 1.23. The SMILES string of the molecule is COc1ccc(CCc2c(Cl)cc(Cl)c(O)c2Cl)cc1Cl. The van der Waals surface area contributed by atoms with Gasteiger partial charge in [-0.15, -0.1) is 0 Å². The lowest BCUT2D eigenvalue weighted by atomic mass is 10.0. The van der Waals surface area contributed by atoms with Crippen molar-refractivity contribution in [2.75, 3.05) is 7.11 Å². The van der Waals surface area contributed by atoms with Gasteiger partial charge in [0.1, 0.15) is 5.75 Å². The van der Waals surface area contributed by atoms with E-state index in [-0.39, 0.29) is 15.8 Å². The van der Waals surface area contributed by atoms with Gasteiger partial charge in [0, 0.05) is 5.02 Å². The number of phenolic OH excluding ortho intramolecular Hbond substituents is 1. The third-order valence-electron chi connectivity index (χ3n) is 3.12. The second-order valence-electron chi connectivity index (χ2n) is 4.45. The Balaban J connectivity index is 2.21. The molecule has 2 aromatic rings. The van der Waals surface area contributed by atoms with E-state index in [0.29, 0.717) is 34.2 Å². The van der Waals surface area contributed by atoms with E-state index in [0.717, 1.165) is 5.56 Å². The first-order chi connectivity index (χ1) is 9.93. The van der Waals surface area contributed by atoms with E-state index in [1.54, 1.807) is 13.2 Å². The zero-order valence-corrected chi connectivity index (χ0v) is 14.1. The van der Waals surface area contributed by atoms with Gasteiger partial charge in [0.2, 0.25) is 0 Å². The second-order valence-corrected chi connectivity index (χ2v) is 6.05. The van der Waals surface area contributed by atoms with Crippen LogP contribution in [0.15, 0.2) is 24.3 Å². The Hall–Kier alpha value is -0.800. The number of aryl methyl sites for hydroxylation is 1. The standard InChI is InChI=1S/C15H12Cl4O2/c1-21-13-5-3-8(6-11(13)17)2-4-9-10(16)7-12(18)15(20)14(9)19/h3,5-7,20H,2,4H2,1H3. The maximum atomic E-state index is 9.76. The topological polar surface area (TPSA) is 29.5 Å². The molecule has 0 radical (unpaired) electrons. The van der Waals surface area contributed by atoms with Crippen molar-refractivity contribution in [3.05, 3.63) is 55.5 Å². The summed E-state index contributed by atoms with van der Waals surface area (Å²) >= 11 is 24.1. The molecule has 0 aromatic heterocycles. The van der Waals surface area contributed by atoms with Crippen molar-refractivity contribution in [1.82, 2.24) is 0 Å². The summed E-state index contributed by atoms with van der Waals surface area (Å²) in [7, 11) is 1.57. The van der Waals surface area contributed by atoms with Crippen LogP contribution in [0.2, 0.25) is 20.1 Å². The first-order valence-corrected chi connectivity index (χ1v) is 7.63. The first kappa shape index (κ1) is 16.6. The summed E-state index contributed by atoms with van der Waals surface area (Å²) in [5, 5.41) is 11.1. The third-order valence-corrected chi connectivity index (χ3v) is 4.45. The van der Waals surface area contributed by atoms with E-state index >= 15 is 0 Å². The smallest absolute Gasteiger partial charge is 0.153 e. The average Bonchev–Trinajstić information content (AvgIpc) is 2.45. The van der Waals surface area contributed by atoms with E-state index in [1.165, 1.54) is 6.07 Å². The summed E-state index contributed by atoms with van der Waals surface area (Å²) in [6, 6.07) is 7.04. The monoisotopic (exact) mass is 364 g/mol. The Labute approximate surface area is 143 Å². The molecule has 112 valence electrons. The van der Waals surface area contributed by atoms with Crippen molar-refractivity contribution in [3.63, 3.8) is 0 Å². The van der Waals surface area contributed by atoms with Gasteiger partial charge in [0.15, 0.2) is 5.75 Å². The molecule has 0 amide bonds. The zero-order valence-electron chi connectivity index (χ0n) is 11.1. The van der Waals surface area contributed by atoms with E-state index < -0.39 is 0 Å². The average molecular weight is 366 g/mol. The molecule has 0 unspecified atom stereocenters. The highest BCUT2D eigenvalue weighted by Gasteiger charge is 2.14. The minimum absolute atomic E-state index is 0.140. The normalized spacial score (nSPS) is 10.7. The Morgan fingerprint density at radius 1 is 0.952 bits per heavy atom. The van der Waals surface area contributed by atoms with Crippen LogP contribution in [-0.2, 0) is 12.8 Å². The molecule has 0 spiro atoms. The Kier molecular flexibility index (Phi) is 5.50. The molecule has 0 aliphatic carbocycles. The fourth-order valence-electron chi connectivity index (χ4n) is 1.98. The lowest BCUT2D eigenvalue weighted by Gasteiger charge is -2.11. The Morgan fingerprint density at radius 2 is 1.67 bits per heavy atom. The number of phenols is 1. The van der Waals surface area contributed by atoms with Gasteiger partial charge < -0.3 is 9.84 Å². The quantitative estimate of drug-likeness (QED) is 0.741. The van der Waals surface area contributed by atoms with Crippen LogP contribution in [0.1, 0.15) is 11.1 Å². The van der Waals surface area contributed by atoms with Gasteiger partial charge in [-0.3, -0.25) is 0 Å². The number of aromatic hydroxyl groups is 1. The molecule has 0 saturated carbocycles. The van der Waals surface area contributed by atoms with Crippen LogP contribution in [0.25, 0.3) is 0 Å². The van der Waals surface area contributed by atoms with Crippen LogP contribution in [0.5, 0.6) is 11.5 Å². The largest absolute Gasteiger partial charge is 0.505 e. The number of hydrogen-bond donors (Lipinski definition) is 1. The zero-order chi connectivity index (χ0) is 15.6. The van der Waals surface area contributed by atoms with Crippen LogP contribution in [0.3, 0.4) is 0 Å². The molecule has 2 nitrogen and oxygen atoms in total. The summed E-state index contributed by atoms with van der Waals surface area (Å²) in [4.78, 5) is 0. The maximum absolute atomic E-state index is 9.76. The van der Waals surface area contributed by atoms with Crippen molar-refractivity contribution < 1.29 is 9.84 Å². The van der Waals surface area contributed by atoms with E-state index in [1.807, 2.05) is 12.1 Å². The van der Waals surface area contributed by atoms with Crippen molar-refractivity contribution >= 4 is 46.4 Å². The Bertz CT molecular complexity index is 671. The van der Waals surface area contributed by atoms with Crippen LogP contribution >= 0.6 is 46.4 Å². The van der Waals surface area contributed by atoms with Crippen molar-refractivity contribution in [2.24, 2.45) is 0 Å². The highest BCUT2D eigenvalue weighted by molar-refractivity contribution is 6.41. The minimum Gasteiger partial charge on any atom is -0.505 e. The van der Waals surface area contributed by atoms with Gasteiger partial charge in [0.05, 0.1) is 22.2 Å². The molecule has 6 heteroatoms. The van der Waals surface area contributed by atoms with Gasteiger partial charge in [0.25, 0.3) is 0 Å². The molecular formula is C15H12Cl4O2. The summed E-state index contributed by atoms with van der Waals surface area (Å²) in [5.41, 5.74) is 1.68. The number of methoxy groups -OCH3 is 1. The van der Waals surface area contributed by atoms with Gasteiger partial charge in [-0.2, -0.15) is 0 Å². The highest BCUT2D eigenvalue weighted by Crippen LogP contribution is 2.39. The molecule has 1 N–H and O–H groups in total. The minimum atomic E-state index is -0.148. The lowest BCUT2D eigenvalue weighted by molar-refractivity contribution is 0.415. The number of halogens is 4. The number of rotatable bonds is 4.